The third-order valence-corrected chi connectivity index (χ3v) is 6.92. The molecule has 1 saturated heterocycles. The summed E-state index contributed by atoms with van der Waals surface area (Å²) < 4.78 is 5.81. The number of anilines is 2. The molecule has 0 aliphatic carbocycles. The van der Waals surface area contributed by atoms with Gasteiger partial charge in [-0.2, -0.15) is 0 Å². The predicted octanol–water partition coefficient (Wildman–Crippen LogP) is 4.91. The van der Waals surface area contributed by atoms with E-state index in [0.29, 0.717) is 23.1 Å². The molecule has 0 unspecified atom stereocenters. The predicted molar refractivity (Wildman–Crippen MR) is 144 cm³/mol. The van der Waals surface area contributed by atoms with Gasteiger partial charge in [0, 0.05) is 68.0 Å². The van der Waals surface area contributed by atoms with Gasteiger partial charge in [0.2, 0.25) is 5.88 Å². The van der Waals surface area contributed by atoms with E-state index in [0.717, 1.165) is 43.9 Å². The zero-order valence-corrected chi connectivity index (χ0v) is 21.2. The summed E-state index contributed by atoms with van der Waals surface area (Å²) in [6, 6.07) is 10.3. The zero-order chi connectivity index (χ0) is 26.1. The van der Waals surface area contributed by atoms with Gasteiger partial charge in [-0.15, -0.1) is 0 Å². The van der Waals surface area contributed by atoms with Crippen molar-refractivity contribution in [3.8, 4) is 5.75 Å². The quantitative estimate of drug-likeness (QED) is 0.418. The zero-order valence-electron chi connectivity index (χ0n) is 21.2. The average Bonchev–Trinajstić information content (AvgIpc) is 3.42. The Morgan fingerprint density at radius 1 is 1.22 bits per heavy atom. The van der Waals surface area contributed by atoms with E-state index in [1.54, 1.807) is 24.6 Å². The molecule has 9 nitrogen and oxygen atoms in total. The van der Waals surface area contributed by atoms with Crippen molar-refractivity contribution in [1.82, 2.24) is 14.8 Å². The second-order valence-electron chi connectivity index (χ2n) is 9.74. The highest BCUT2D eigenvalue weighted by Gasteiger charge is 2.26. The van der Waals surface area contributed by atoms with Gasteiger partial charge in [0.25, 0.3) is 0 Å². The summed E-state index contributed by atoms with van der Waals surface area (Å²) in [6.07, 6.45) is 4.83. The van der Waals surface area contributed by atoms with Crippen molar-refractivity contribution in [2.75, 3.05) is 31.5 Å². The van der Waals surface area contributed by atoms with E-state index in [1.807, 2.05) is 25.1 Å². The minimum atomic E-state index is -1.29. The molecule has 37 heavy (non-hydrogen) atoms. The molecule has 9 heteroatoms. The third kappa shape index (κ3) is 5.14. The fourth-order valence-electron chi connectivity index (χ4n) is 4.79. The molecule has 1 fully saturated rings. The Morgan fingerprint density at radius 2 is 2.00 bits per heavy atom. The molecule has 3 N–H and O–H groups in total. The smallest absolute Gasteiger partial charge is 0.345 e. The van der Waals surface area contributed by atoms with Crippen LogP contribution in [0.2, 0.25) is 0 Å². The molecule has 0 radical (unpaired) electrons. The van der Waals surface area contributed by atoms with Gasteiger partial charge < -0.3 is 19.9 Å². The van der Waals surface area contributed by atoms with Crippen LogP contribution in [0, 0.1) is 6.92 Å². The van der Waals surface area contributed by atoms with Gasteiger partial charge in [-0.05, 0) is 56.2 Å². The number of carboxylic acids is 1. The summed E-state index contributed by atoms with van der Waals surface area (Å²) in [7, 11) is 0. The number of furan rings is 1. The van der Waals surface area contributed by atoms with Crippen LogP contribution in [0.25, 0.3) is 11.6 Å². The minimum absolute atomic E-state index is 0.0288. The molecule has 0 saturated carbocycles. The monoisotopic (exact) mass is 501 g/mol. The van der Waals surface area contributed by atoms with Crippen LogP contribution >= 0.6 is 0 Å². The molecule has 4 heterocycles. The van der Waals surface area contributed by atoms with Crippen LogP contribution < -0.4 is 5.32 Å². The molecule has 0 spiro atoms. The van der Waals surface area contributed by atoms with Crippen molar-refractivity contribution < 1.29 is 19.4 Å². The lowest BCUT2D eigenvalue weighted by atomic mass is 10.1. The molecule has 0 amide bonds. The molecule has 2 aromatic heterocycles. The number of allylic oxidation sites excluding steroid dienone is 1. The number of aromatic carboxylic acids is 1. The summed E-state index contributed by atoms with van der Waals surface area (Å²) in [5, 5.41) is 23.5. The number of carbonyl (C=O) groups is 1. The fraction of sp³-hybridized carbons (Fsp3) is 0.321. The maximum Gasteiger partial charge on any atom is 0.345 e. The first kappa shape index (κ1) is 24.7. The van der Waals surface area contributed by atoms with Crippen molar-refractivity contribution in [3.63, 3.8) is 0 Å². The molecule has 1 aromatic carbocycles. The molecule has 192 valence electrons. The molecule has 5 rings (SSSR count). The molecule has 0 atom stereocenters. The van der Waals surface area contributed by atoms with Gasteiger partial charge in [0.15, 0.2) is 22.9 Å². The van der Waals surface area contributed by atoms with Crippen molar-refractivity contribution in [1.29, 1.82) is 0 Å². The average molecular weight is 502 g/mol. The first-order valence-corrected chi connectivity index (χ1v) is 12.4. The Kier molecular flexibility index (Phi) is 6.82. The Balaban J connectivity index is 1.35. The number of fused-ring (bicyclic) bond motifs is 1. The Hall–Kier alpha value is -3.95. The minimum Gasteiger partial charge on any atom is -0.504 e. The maximum absolute atomic E-state index is 12.0. The van der Waals surface area contributed by atoms with E-state index >= 15 is 0 Å². The first-order chi connectivity index (χ1) is 17.8. The Bertz CT molecular complexity index is 1380. The van der Waals surface area contributed by atoms with Crippen LogP contribution in [0.4, 0.5) is 17.4 Å². The number of hydrogen-bond donors (Lipinski definition) is 3. The van der Waals surface area contributed by atoms with Crippen LogP contribution in [0.3, 0.4) is 0 Å². The molecule has 2 aliphatic rings. The lowest BCUT2D eigenvalue weighted by Crippen LogP contribution is -2.48. The van der Waals surface area contributed by atoms with E-state index in [-0.39, 0.29) is 17.2 Å². The fourth-order valence-corrected chi connectivity index (χ4v) is 4.79. The van der Waals surface area contributed by atoms with E-state index in [2.05, 4.69) is 45.0 Å². The first-order valence-electron chi connectivity index (χ1n) is 12.4. The van der Waals surface area contributed by atoms with Crippen molar-refractivity contribution in [3.05, 3.63) is 64.5 Å². The van der Waals surface area contributed by atoms with Gasteiger partial charge >= 0.3 is 5.97 Å². The third-order valence-electron chi connectivity index (χ3n) is 6.92. The van der Waals surface area contributed by atoms with E-state index in [4.69, 9.17) is 4.42 Å². The molecular formula is C28H31N5O4. The number of pyridine rings is 1. The number of aryl methyl sites for hydroxylation is 1. The van der Waals surface area contributed by atoms with Gasteiger partial charge in [0.05, 0.1) is 0 Å². The molecular weight excluding hydrogens is 470 g/mol. The van der Waals surface area contributed by atoms with Gasteiger partial charge in [0.1, 0.15) is 0 Å². The number of nitrogens with zero attached hydrogens (tertiary/aromatic N) is 4. The van der Waals surface area contributed by atoms with E-state index in [9.17, 15) is 15.0 Å². The number of benzene rings is 1. The molecule has 2 aliphatic heterocycles. The number of piperazine rings is 1. The van der Waals surface area contributed by atoms with E-state index < -0.39 is 11.7 Å². The van der Waals surface area contributed by atoms with Crippen LogP contribution in [0.1, 0.15) is 46.7 Å². The Morgan fingerprint density at radius 3 is 2.70 bits per heavy atom. The summed E-state index contributed by atoms with van der Waals surface area (Å²) in [6.45, 7) is 11.5. The van der Waals surface area contributed by atoms with Gasteiger partial charge in [-0.25, -0.2) is 14.8 Å². The van der Waals surface area contributed by atoms with E-state index in [1.165, 1.54) is 5.56 Å². The highest BCUT2D eigenvalue weighted by Crippen LogP contribution is 2.39. The maximum atomic E-state index is 12.0. The number of rotatable bonds is 7. The van der Waals surface area contributed by atoms with Crippen LogP contribution in [-0.4, -0.2) is 69.4 Å². The lowest BCUT2D eigenvalue weighted by Gasteiger charge is -2.37. The summed E-state index contributed by atoms with van der Waals surface area (Å²) in [5.41, 5.74) is 3.99. The molecule has 3 aromatic rings. The largest absolute Gasteiger partial charge is 0.504 e. The number of aromatic hydroxyl groups is 1. The summed E-state index contributed by atoms with van der Waals surface area (Å²) >= 11 is 0. The number of hydrogen-bond acceptors (Lipinski definition) is 8. The lowest BCUT2D eigenvalue weighted by molar-refractivity contribution is 0.0695. The number of aromatic nitrogens is 1. The van der Waals surface area contributed by atoms with Crippen molar-refractivity contribution in [2.24, 2.45) is 4.99 Å². The van der Waals surface area contributed by atoms with Gasteiger partial charge in [-0.3, -0.25) is 9.80 Å². The van der Waals surface area contributed by atoms with Gasteiger partial charge in [-0.1, -0.05) is 12.1 Å². The standard InChI is InChI=1S/C28H31N5O4/c1-17(2)33-11-9-32(10-12-33)16-19-6-7-22(18(3)13-19)31-27-24(28(35)36)25(34)23(37-27)14-20-15-30-26-21(20)5-4-8-29-26/h4-8,13-15,17,31,34H,9-12,16H2,1-3H3,(H,35,36). The second kappa shape index (κ2) is 10.2. The summed E-state index contributed by atoms with van der Waals surface area (Å²) in [5.74, 6) is -1.16. The van der Waals surface area contributed by atoms with Crippen molar-refractivity contribution in [2.45, 2.75) is 33.4 Å². The van der Waals surface area contributed by atoms with Crippen LogP contribution in [0.15, 0.2) is 45.9 Å². The normalized spacial score (nSPS) is 17.0. The topological polar surface area (TPSA) is 114 Å². The highest BCUT2D eigenvalue weighted by atomic mass is 16.4. The Labute approximate surface area is 215 Å². The van der Waals surface area contributed by atoms with Crippen LogP contribution in [0.5, 0.6) is 5.75 Å². The number of carboxylic acid groups (broad SMARTS) is 1. The molecule has 0 bridgehead atoms. The van der Waals surface area contributed by atoms with Crippen molar-refractivity contribution >= 4 is 41.2 Å². The highest BCUT2D eigenvalue weighted by molar-refractivity contribution is 6.21. The SMILES string of the molecule is Cc1cc(CN2CCN(C(C)C)CC2)ccc1Nc1oc(C=C2C=Nc3ncccc32)c(O)c1C(=O)O. The summed E-state index contributed by atoms with van der Waals surface area (Å²) in [4.78, 5) is 25.4. The van der Waals surface area contributed by atoms with Crippen LogP contribution in [-0.2, 0) is 6.54 Å². The second-order valence-corrected chi connectivity index (χ2v) is 9.74. The number of nitrogens with one attached hydrogen (secondary N) is 1. The number of aliphatic imine (C=N–C) groups is 1.